The maximum absolute atomic E-state index is 11.9. The van der Waals surface area contributed by atoms with E-state index in [2.05, 4.69) is 29.8 Å². The highest BCUT2D eigenvalue weighted by atomic mass is 79.9. The van der Waals surface area contributed by atoms with E-state index >= 15 is 0 Å². The first kappa shape index (κ1) is 15.5. The van der Waals surface area contributed by atoms with Crippen molar-refractivity contribution in [2.45, 2.75) is 26.3 Å². The third-order valence-corrected chi connectivity index (χ3v) is 3.49. The number of hydrogen-bond donors (Lipinski definition) is 0. The SMILES string of the molecule is CC(C)c1ccc(OC(=O)Cn2cc(Br)ccc2=O)cc1. The molecule has 0 saturated carbocycles. The summed E-state index contributed by atoms with van der Waals surface area (Å²) >= 11 is 3.26. The minimum absolute atomic E-state index is 0.121. The van der Waals surface area contributed by atoms with E-state index in [1.165, 1.54) is 16.2 Å². The molecule has 0 aliphatic heterocycles. The molecular weight excluding hydrogens is 334 g/mol. The number of rotatable bonds is 4. The fourth-order valence-corrected chi connectivity index (χ4v) is 2.23. The van der Waals surface area contributed by atoms with Crippen LogP contribution in [0.3, 0.4) is 0 Å². The largest absolute Gasteiger partial charge is 0.425 e. The number of carbonyl (C=O) groups is 1. The molecule has 0 aliphatic carbocycles. The molecule has 0 atom stereocenters. The van der Waals surface area contributed by atoms with E-state index in [-0.39, 0.29) is 12.1 Å². The Balaban J connectivity index is 2.04. The van der Waals surface area contributed by atoms with E-state index in [0.29, 0.717) is 11.7 Å². The number of carbonyl (C=O) groups excluding carboxylic acids is 1. The first-order valence-corrected chi connectivity index (χ1v) is 7.41. The van der Waals surface area contributed by atoms with Gasteiger partial charge in [-0.15, -0.1) is 0 Å². The van der Waals surface area contributed by atoms with E-state index < -0.39 is 5.97 Å². The fraction of sp³-hybridized carbons (Fsp3) is 0.250. The van der Waals surface area contributed by atoms with Crippen LogP contribution in [-0.4, -0.2) is 10.5 Å². The zero-order valence-electron chi connectivity index (χ0n) is 11.9. The Morgan fingerprint density at radius 2 is 1.86 bits per heavy atom. The van der Waals surface area contributed by atoms with Gasteiger partial charge in [0, 0.05) is 16.7 Å². The number of nitrogens with zero attached hydrogens (tertiary/aromatic N) is 1. The number of hydrogen-bond acceptors (Lipinski definition) is 3. The Kier molecular flexibility index (Phi) is 4.96. The van der Waals surface area contributed by atoms with Gasteiger partial charge in [0.1, 0.15) is 12.3 Å². The number of ether oxygens (including phenoxy) is 1. The molecular formula is C16H16BrNO3. The second-order valence-corrected chi connectivity index (χ2v) is 5.93. The molecule has 4 nitrogen and oxygen atoms in total. The van der Waals surface area contributed by atoms with Crippen LogP contribution >= 0.6 is 15.9 Å². The lowest BCUT2D eigenvalue weighted by Gasteiger charge is -2.09. The lowest BCUT2D eigenvalue weighted by molar-refractivity contribution is -0.135. The van der Waals surface area contributed by atoms with Gasteiger partial charge in [-0.2, -0.15) is 0 Å². The number of pyridine rings is 1. The Morgan fingerprint density at radius 1 is 1.19 bits per heavy atom. The van der Waals surface area contributed by atoms with E-state index in [9.17, 15) is 9.59 Å². The van der Waals surface area contributed by atoms with Crippen molar-refractivity contribution in [1.29, 1.82) is 0 Å². The zero-order valence-corrected chi connectivity index (χ0v) is 13.5. The molecule has 0 radical (unpaired) electrons. The molecule has 0 amide bonds. The first-order valence-electron chi connectivity index (χ1n) is 6.62. The third kappa shape index (κ3) is 4.29. The standard InChI is InChI=1S/C16H16BrNO3/c1-11(2)12-3-6-14(7-4-12)21-16(20)10-18-9-13(17)5-8-15(18)19/h3-9,11H,10H2,1-2H3. The van der Waals surface area contributed by atoms with E-state index in [1.807, 2.05) is 12.1 Å². The van der Waals surface area contributed by atoms with Crippen LogP contribution in [0.1, 0.15) is 25.3 Å². The van der Waals surface area contributed by atoms with Gasteiger partial charge in [0.15, 0.2) is 0 Å². The van der Waals surface area contributed by atoms with Crippen LogP contribution < -0.4 is 10.3 Å². The summed E-state index contributed by atoms with van der Waals surface area (Å²) in [5.74, 6) is 0.426. The number of esters is 1. The highest BCUT2D eigenvalue weighted by Gasteiger charge is 2.08. The average Bonchev–Trinajstić information content (AvgIpc) is 2.43. The van der Waals surface area contributed by atoms with Gasteiger partial charge in [-0.1, -0.05) is 26.0 Å². The van der Waals surface area contributed by atoms with Crippen molar-refractivity contribution in [3.05, 3.63) is 63.0 Å². The summed E-state index contributed by atoms with van der Waals surface area (Å²) in [5.41, 5.74) is 0.934. The highest BCUT2D eigenvalue weighted by Crippen LogP contribution is 2.18. The predicted octanol–water partition coefficient (Wildman–Crippen LogP) is 3.34. The van der Waals surface area contributed by atoms with Crippen molar-refractivity contribution in [2.75, 3.05) is 0 Å². The maximum Gasteiger partial charge on any atom is 0.331 e. The van der Waals surface area contributed by atoms with Crippen molar-refractivity contribution >= 4 is 21.9 Å². The predicted molar refractivity (Wildman–Crippen MR) is 84.6 cm³/mol. The van der Waals surface area contributed by atoms with Crippen molar-refractivity contribution in [2.24, 2.45) is 0 Å². The smallest absolute Gasteiger partial charge is 0.331 e. The van der Waals surface area contributed by atoms with Crippen LogP contribution in [0.15, 0.2) is 51.9 Å². The summed E-state index contributed by atoms with van der Waals surface area (Å²) in [6.45, 7) is 4.07. The Morgan fingerprint density at radius 3 is 2.48 bits per heavy atom. The summed E-state index contributed by atoms with van der Waals surface area (Å²) in [5, 5.41) is 0. The zero-order chi connectivity index (χ0) is 15.4. The lowest BCUT2D eigenvalue weighted by atomic mass is 10.0. The second-order valence-electron chi connectivity index (χ2n) is 5.01. The summed E-state index contributed by atoms with van der Waals surface area (Å²) in [7, 11) is 0. The van der Waals surface area contributed by atoms with Gasteiger partial charge >= 0.3 is 5.97 Å². The van der Waals surface area contributed by atoms with Crippen molar-refractivity contribution in [1.82, 2.24) is 4.57 Å². The Labute approximate surface area is 131 Å². The monoisotopic (exact) mass is 349 g/mol. The molecule has 0 unspecified atom stereocenters. The summed E-state index contributed by atoms with van der Waals surface area (Å²) in [6.07, 6.45) is 1.56. The summed E-state index contributed by atoms with van der Waals surface area (Å²) in [6, 6.07) is 10.4. The quantitative estimate of drug-likeness (QED) is 0.628. The van der Waals surface area contributed by atoms with Gasteiger partial charge in [0.25, 0.3) is 5.56 Å². The van der Waals surface area contributed by atoms with Crippen LogP contribution in [-0.2, 0) is 11.3 Å². The van der Waals surface area contributed by atoms with E-state index in [1.54, 1.807) is 24.4 Å². The molecule has 0 aliphatic rings. The fourth-order valence-electron chi connectivity index (χ4n) is 1.85. The van der Waals surface area contributed by atoms with Crippen molar-refractivity contribution in [3.63, 3.8) is 0 Å². The first-order chi connectivity index (χ1) is 9.95. The molecule has 2 rings (SSSR count). The van der Waals surface area contributed by atoms with Gasteiger partial charge in [-0.3, -0.25) is 4.79 Å². The molecule has 0 N–H and O–H groups in total. The van der Waals surface area contributed by atoms with Crippen LogP contribution in [0.5, 0.6) is 5.75 Å². The lowest BCUT2D eigenvalue weighted by Crippen LogP contribution is -2.25. The summed E-state index contributed by atoms with van der Waals surface area (Å²) < 4.78 is 7.27. The second kappa shape index (κ2) is 6.72. The molecule has 0 saturated heterocycles. The van der Waals surface area contributed by atoms with Gasteiger partial charge in [0.05, 0.1) is 0 Å². The van der Waals surface area contributed by atoms with Crippen LogP contribution in [0, 0.1) is 0 Å². The van der Waals surface area contributed by atoms with Crippen LogP contribution in [0.4, 0.5) is 0 Å². The minimum atomic E-state index is -0.479. The summed E-state index contributed by atoms with van der Waals surface area (Å²) in [4.78, 5) is 23.5. The number of aromatic nitrogens is 1. The molecule has 21 heavy (non-hydrogen) atoms. The van der Waals surface area contributed by atoms with Crippen LogP contribution in [0.25, 0.3) is 0 Å². The molecule has 5 heteroatoms. The topological polar surface area (TPSA) is 48.3 Å². The number of halogens is 1. The number of benzene rings is 1. The van der Waals surface area contributed by atoms with Gasteiger partial charge in [-0.25, -0.2) is 4.79 Å². The van der Waals surface area contributed by atoms with Crippen molar-refractivity contribution < 1.29 is 9.53 Å². The van der Waals surface area contributed by atoms with Gasteiger partial charge in [-0.05, 0) is 45.6 Å². The third-order valence-electron chi connectivity index (χ3n) is 3.03. The minimum Gasteiger partial charge on any atom is -0.425 e. The van der Waals surface area contributed by atoms with E-state index in [0.717, 1.165) is 4.47 Å². The maximum atomic E-state index is 11.9. The molecule has 1 aromatic heterocycles. The Hall–Kier alpha value is -1.88. The molecule has 1 aromatic carbocycles. The molecule has 110 valence electrons. The molecule has 2 aromatic rings. The van der Waals surface area contributed by atoms with E-state index in [4.69, 9.17) is 4.74 Å². The van der Waals surface area contributed by atoms with Gasteiger partial charge in [0.2, 0.25) is 0 Å². The molecule has 0 fully saturated rings. The molecule has 1 heterocycles. The van der Waals surface area contributed by atoms with Gasteiger partial charge < -0.3 is 9.30 Å². The molecule has 0 spiro atoms. The normalized spacial score (nSPS) is 10.7. The van der Waals surface area contributed by atoms with Crippen LogP contribution in [0.2, 0.25) is 0 Å². The Bertz CT molecular complexity index is 689. The average molecular weight is 350 g/mol. The van der Waals surface area contributed by atoms with Crippen molar-refractivity contribution in [3.8, 4) is 5.75 Å². The highest BCUT2D eigenvalue weighted by molar-refractivity contribution is 9.10. The molecule has 0 bridgehead atoms.